The predicted octanol–water partition coefficient (Wildman–Crippen LogP) is 2.47. The van der Waals surface area contributed by atoms with Crippen LogP contribution in [0.15, 0.2) is 47.4 Å². The average Bonchev–Trinajstić information content (AvgIpc) is 2.76. The summed E-state index contributed by atoms with van der Waals surface area (Å²) in [6, 6.07) is 9.82. The summed E-state index contributed by atoms with van der Waals surface area (Å²) in [7, 11) is -3.78. The van der Waals surface area contributed by atoms with Crippen molar-refractivity contribution in [1.29, 1.82) is 0 Å². The van der Waals surface area contributed by atoms with E-state index in [-0.39, 0.29) is 29.4 Å². The van der Waals surface area contributed by atoms with Crippen molar-refractivity contribution in [2.45, 2.75) is 24.2 Å². The number of benzene rings is 2. The number of nitro groups is 1. The van der Waals surface area contributed by atoms with E-state index in [2.05, 4.69) is 0 Å². The molecule has 2 aromatic carbocycles. The van der Waals surface area contributed by atoms with Crippen LogP contribution in [-0.4, -0.2) is 45.6 Å². The molecule has 166 valence electrons. The van der Waals surface area contributed by atoms with Gasteiger partial charge in [-0.25, -0.2) is 18.4 Å². The summed E-state index contributed by atoms with van der Waals surface area (Å²) < 4.78 is 33.0. The molecule has 0 atom stereocenters. The number of hydrogen-bond donors (Lipinski definition) is 1. The number of carbonyl (C=O) groups is 1. The third kappa shape index (κ3) is 5.92. The largest absolute Gasteiger partial charge is 0.490 e. The quantitative estimate of drug-likeness (QED) is 0.280. The first kappa shape index (κ1) is 22.5. The first-order valence-corrected chi connectivity index (χ1v) is 11.3. The van der Waals surface area contributed by atoms with Crippen LogP contribution in [0.25, 0.3) is 0 Å². The minimum absolute atomic E-state index is 0.0222. The smallest absolute Gasteiger partial charge is 0.338 e. The Balaban J connectivity index is 1.56. The lowest BCUT2D eigenvalue weighted by Gasteiger charge is -2.28. The van der Waals surface area contributed by atoms with E-state index < -0.39 is 20.9 Å². The Morgan fingerprint density at radius 1 is 1.06 bits per heavy atom. The summed E-state index contributed by atoms with van der Waals surface area (Å²) in [6.07, 6.45) is 3.06. The fraction of sp³-hybridized carbons (Fsp3) is 0.350. The van der Waals surface area contributed by atoms with Gasteiger partial charge in [-0.15, -0.1) is 0 Å². The second-order valence-electron chi connectivity index (χ2n) is 7.01. The van der Waals surface area contributed by atoms with Crippen molar-refractivity contribution in [3.63, 3.8) is 0 Å². The van der Waals surface area contributed by atoms with Gasteiger partial charge in [0.2, 0.25) is 10.0 Å². The maximum Gasteiger partial charge on any atom is 0.338 e. The molecule has 3 rings (SSSR count). The van der Waals surface area contributed by atoms with E-state index in [0.29, 0.717) is 11.4 Å². The molecule has 2 N–H and O–H groups in total. The van der Waals surface area contributed by atoms with Crippen molar-refractivity contribution >= 4 is 27.4 Å². The Hall–Kier alpha value is -3.18. The van der Waals surface area contributed by atoms with Gasteiger partial charge in [-0.3, -0.25) is 10.1 Å². The van der Waals surface area contributed by atoms with Crippen LogP contribution >= 0.6 is 0 Å². The number of piperidine rings is 1. The van der Waals surface area contributed by atoms with Crippen molar-refractivity contribution in [1.82, 2.24) is 0 Å². The number of anilines is 1. The number of nitrogens with two attached hydrogens (primary N) is 1. The number of ether oxygens (including phenoxy) is 2. The molecule has 1 aliphatic rings. The predicted molar refractivity (Wildman–Crippen MR) is 113 cm³/mol. The molecule has 10 nitrogen and oxygen atoms in total. The summed E-state index contributed by atoms with van der Waals surface area (Å²) in [4.78, 5) is 25.2. The van der Waals surface area contributed by atoms with Gasteiger partial charge in [0, 0.05) is 19.2 Å². The second-order valence-corrected chi connectivity index (χ2v) is 8.57. The summed E-state index contributed by atoms with van der Waals surface area (Å²) in [5.74, 6) is -0.313. The molecule has 1 heterocycles. The molecular weight excluding hydrogens is 426 g/mol. The third-order valence-electron chi connectivity index (χ3n) is 4.84. The third-order valence-corrected chi connectivity index (χ3v) is 5.77. The van der Waals surface area contributed by atoms with E-state index in [1.54, 1.807) is 6.07 Å². The summed E-state index contributed by atoms with van der Waals surface area (Å²) >= 11 is 0. The molecule has 1 saturated heterocycles. The van der Waals surface area contributed by atoms with Gasteiger partial charge in [0.15, 0.2) is 0 Å². The molecule has 0 aliphatic carbocycles. The van der Waals surface area contributed by atoms with Crippen molar-refractivity contribution < 1.29 is 27.6 Å². The van der Waals surface area contributed by atoms with E-state index in [9.17, 15) is 23.3 Å². The number of primary sulfonamides is 1. The van der Waals surface area contributed by atoms with Gasteiger partial charge in [-0.05, 0) is 55.7 Å². The first-order valence-electron chi connectivity index (χ1n) is 9.72. The topological polar surface area (TPSA) is 142 Å². The van der Waals surface area contributed by atoms with Gasteiger partial charge in [-0.2, -0.15) is 0 Å². The van der Waals surface area contributed by atoms with Crippen molar-refractivity contribution in [2.75, 3.05) is 31.2 Å². The Labute approximate surface area is 179 Å². The number of hydrogen-bond acceptors (Lipinski definition) is 8. The highest BCUT2D eigenvalue weighted by atomic mass is 32.2. The Morgan fingerprint density at radius 3 is 2.35 bits per heavy atom. The van der Waals surface area contributed by atoms with Crippen LogP contribution in [0.1, 0.15) is 29.6 Å². The molecule has 0 aromatic heterocycles. The molecule has 0 bridgehead atoms. The minimum atomic E-state index is -3.78. The van der Waals surface area contributed by atoms with Gasteiger partial charge in [-0.1, -0.05) is 0 Å². The highest BCUT2D eigenvalue weighted by molar-refractivity contribution is 7.89. The zero-order valence-corrected chi connectivity index (χ0v) is 17.5. The average molecular weight is 449 g/mol. The van der Waals surface area contributed by atoms with Crippen LogP contribution in [0.4, 0.5) is 11.4 Å². The number of esters is 1. The van der Waals surface area contributed by atoms with Gasteiger partial charge < -0.3 is 14.4 Å². The number of rotatable bonds is 8. The van der Waals surface area contributed by atoms with Crippen LogP contribution in [0.5, 0.6) is 5.75 Å². The highest BCUT2D eigenvalue weighted by Crippen LogP contribution is 2.31. The zero-order chi connectivity index (χ0) is 22.4. The van der Waals surface area contributed by atoms with Crippen molar-refractivity contribution in [2.24, 2.45) is 5.14 Å². The summed E-state index contributed by atoms with van der Waals surface area (Å²) in [5, 5.41) is 16.5. The second kappa shape index (κ2) is 9.75. The summed E-state index contributed by atoms with van der Waals surface area (Å²) in [6.45, 7) is 1.44. The van der Waals surface area contributed by atoms with Crippen LogP contribution in [-0.2, 0) is 14.8 Å². The zero-order valence-electron chi connectivity index (χ0n) is 16.7. The van der Waals surface area contributed by atoms with Crippen LogP contribution in [0.2, 0.25) is 0 Å². The SMILES string of the molecule is NS(=O)(=O)c1ccc(OCCOC(=O)c2ccc(N3CCCCC3)c([N+](=O)[O-])c2)cc1. The Morgan fingerprint density at radius 2 is 1.74 bits per heavy atom. The molecular formula is C20H23N3O7S. The molecule has 0 amide bonds. The maximum atomic E-state index is 12.3. The lowest BCUT2D eigenvalue weighted by molar-refractivity contribution is -0.384. The molecule has 0 spiro atoms. The molecule has 0 saturated carbocycles. The van der Waals surface area contributed by atoms with Gasteiger partial charge >= 0.3 is 5.97 Å². The molecule has 31 heavy (non-hydrogen) atoms. The van der Waals surface area contributed by atoms with E-state index in [0.717, 1.165) is 32.4 Å². The van der Waals surface area contributed by atoms with Crippen molar-refractivity contribution in [3.8, 4) is 5.75 Å². The fourth-order valence-electron chi connectivity index (χ4n) is 3.30. The molecule has 2 aromatic rings. The van der Waals surface area contributed by atoms with Gasteiger partial charge in [0.1, 0.15) is 24.7 Å². The van der Waals surface area contributed by atoms with E-state index in [4.69, 9.17) is 14.6 Å². The highest BCUT2D eigenvalue weighted by Gasteiger charge is 2.23. The molecule has 0 radical (unpaired) electrons. The van der Waals surface area contributed by atoms with Crippen LogP contribution in [0, 0.1) is 10.1 Å². The minimum Gasteiger partial charge on any atom is -0.490 e. The van der Waals surface area contributed by atoms with Crippen LogP contribution in [0.3, 0.4) is 0 Å². The number of nitro benzene ring substituents is 1. The molecule has 0 unspecified atom stereocenters. The Kier molecular flexibility index (Phi) is 7.08. The maximum absolute atomic E-state index is 12.3. The number of nitrogens with zero attached hydrogens (tertiary/aromatic N) is 2. The lowest BCUT2D eigenvalue weighted by Crippen LogP contribution is -2.30. The Bertz CT molecular complexity index is 1050. The lowest BCUT2D eigenvalue weighted by atomic mass is 10.1. The molecule has 1 fully saturated rings. The van der Waals surface area contributed by atoms with E-state index >= 15 is 0 Å². The monoisotopic (exact) mass is 449 g/mol. The summed E-state index contributed by atoms with van der Waals surface area (Å²) in [5.41, 5.74) is 0.472. The van der Waals surface area contributed by atoms with E-state index in [1.165, 1.54) is 36.4 Å². The van der Waals surface area contributed by atoms with Crippen LogP contribution < -0.4 is 14.8 Å². The van der Waals surface area contributed by atoms with E-state index in [1.807, 2.05) is 4.90 Å². The van der Waals surface area contributed by atoms with Gasteiger partial charge in [0.05, 0.1) is 15.4 Å². The number of carbonyl (C=O) groups excluding carboxylic acids is 1. The molecule has 11 heteroatoms. The number of sulfonamides is 1. The molecule has 1 aliphatic heterocycles. The van der Waals surface area contributed by atoms with Gasteiger partial charge in [0.25, 0.3) is 5.69 Å². The fourth-order valence-corrected chi connectivity index (χ4v) is 3.82. The first-order chi connectivity index (χ1) is 14.8. The standard InChI is InChI=1S/C20H23N3O7S/c21-31(27,28)17-7-5-16(6-8-17)29-12-13-30-20(24)15-4-9-18(19(14-15)23(25)26)22-10-2-1-3-11-22/h4-9,14H,1-3,10-13H2,(H2,21,27,28). The van der Waals surface area contributed by atoms with Crippen molar-refractivity contribution in [3.05, 3.63) is 58.1 Å². The normalized spacial score (nSPS) is 14.2.